The molecule has 0 spiro atoms. The third-order valence-corrected chi connectivity index (χ3v) is 3.86. The van der Waals surface area contributed by atoms with Crippen LogP contribution in [0.3, 0.4) is 0 Å². The van der Waals surface area contributed by atoms with Gasteiger partial charge in [-0.3, -0.25) is 0 Å². The molecule has 0 fully saturated rings. The molecule has 1 atom stereocenters. The number of hydrogen-bond acceptors (Lipinski definition) is 0. The fourth-order valence-electron chi connectivity index (χ4n) is 1.68. The summed E-state index contributed by atoms with van der Waals surface area (Å²) in [5.41, 5.74) is 2.06. The van der Waals surface area contributed by atoms with Crippen LogP contribution >= 0.6 is 34.8 Å². The Morgan fingerprint density at radius 1 is 0.882 bits per heavy atom. The highest BCUT2D eigenvalue weighted by Gasteiger charge is 2.12. The number of alkyl halides is 1. The Balaban J connectivity index is 2.19. The van der Waals surface area contributed by atoms with Gasteiger partial charge in [-0.15, -0.1) is 11.6 Å². The lowest BCUT2D eigenvalue weighted by Crippen LogP contribution is -1.96. The quantitative estimate of drug-likeness (QED) is 0.652. The molecule has 1 unspecified atom stereocenters. The SMILES string of the molecule is Clc1cccc(CC(Cl)c2ccccc2)c1Cl. The number of rotatable bonds is 3. The van der Waals surface area contributed by atoms with Gasteiger partial charge in [-0.05, 0) is 23.6 Å². The van der Waals surface area contributed by atoms with Crippen molar-refractivity contribution in [2.75, 3.05) is 0 Å². The van der Waals surface area contributed by atoms with Gasteiger partial charge in [-0.1, -0.05) is 65.7 Å². The first-order valence-corrected chi connectivity index (χ1v) is 6.49. The van der Waals surface area contributed by atoms with E-state index in [4.69, 9.17) is 34.8 Å². The van der Waals surface area contributed by atoms with Crippen LogP contribution in [0, 0.1) is 0 Å². The Morgan fingerprint density at radius 3 is 2.29 bits per heavy atom. The summed E-state index contributed by atoms with van der Waals surface area (Å²) >= 11 is 18.5. The van der Waals surface area contributed by atoms with Crippen LogP contribution in [-0.2, 0) is 6.42 Å². The fourth-order valence-corrected chi connectivity index (χ4v) is 2.39. The molecule has 0 saturated carbocycles. The second kappa shape index (κ2) is 5.77. The van der Waals surface area contributed by atoms with Gasteiger partial charge in [-0.25, -0.2) is 0 Å². The zero-order valence-electron chi connectivity index (χ0n) is 9.04. The van der Waals surface area contributed by atoms with E-state index in [0.717, 1.165) is 11.1 Å². The van der Waals surface area contributed by atoms with Crippen LogP contribution in [0.4, 0.5) is 0 Å². The van der Waals surface area contributed by atoms with Gasteiger partial charge in [0, 0.05) is 0 Å². The third-order valence-electron chi connectivity index (χ3n) is 2.59. The lowest BCUT2D eigenvalue weighted by atomic mass is 10.0. The lowest BCUT2D eigenvalue weighted by Gasteiger charge is -2.11. The fraction of sp³-hybridized carbons (Fsp3) is 0.143. The highest BCUT2D eigenvalue weighted by molar-refractivity contribution is 6.42. The van der Waals surface area contributed by atoms with E-state index in [1.54, 1.807) is 6.07 Å². The van der Waals surface area contributed by atoms with Gasteiger partial charge < -0.3 is 0 Å². The Kier molecular flexibility index (Phi) is 4.33. The molecule has 3 heteroatoms. The first kappa shape index (κ1) is 12.8. The van der Waals surface area contributed by atoms with Crippen LogP contribution in [-0.4, -0.2) is 0 Å². The second-order valence-corrected chi connectivity index (χ2v) is 5.11. The largest absolute Gasteiger partial charge is 0.117 e. The molecular weight excluding hydrogens is 275 g/mol. The average Bonchev–Trinajstić information content (AvgIpc) is 2.36. The molecule has 0 radical (unpaired) electrons. The van der Waals surface area contributed by atoms with Crippen LogP contribution in [0.1, 0.15) is 16.5 Å². The standard InChI is InChI=1S/C14H11Cl3/c15-12-8-4-7-11(14(12)17)9-13(16)10-5-2-1-3-6-10/h1-8,13H,9H2. The highest BCUT2D eigenvalue weighted by Crippen LogP contribution is 2.31. The van der Waals surface area contributed by atoms with E-state index in [-0.39, 0.29) is 5.38 Å². The second-order valence-electron chi connectivity index (χ2n) is 3.80. The monoisotopic (exact) mass is 284 g/mol. The van der Waals surface area contributed by atoms with Crippen molar-refractivity contribution < 1.29 is 0 Å². The first-order chi connectivity index (χ1) is 8.18. The van der Waals surface area contributed by atoms with E-state index in [2.05, 4.69) is 0 Å². The van der Waals surface area contributed by atoms with Crippen molar-refractivity contribution in [3.8, 4) is 0 Å². The van der Waals surface area contributed by atoms with E-state index in [1.807, 2.05) is 42.5 Å². The van der Waals surface area contributed by atoms with Crippen LogP contribution < -0.4 is 0 Å². The molecule has 88 valence electrons. The third kappa shape index (κ3) is 3.16. The number of halogens is 3. The summed E-state index contributed by atoms with van der Waals surface area (Å²) in [6.45, 7) is 0. The predicted octanol–water partition coefficient (Wildman–Crippen LogP) is 5.52. The Hall–Kier alpha value is -0.690. The Morgan fingerprint density at radius 2 is 1.59 bits per heavy atom. The zero-order valence-corrected chi connectivity index (χ0v) is 11.3. The minimum Gasteiger partial charge on any atom is -0.117 e. The molecule has 0 bridgehead atoms. The minimum absolute atomic E-state index is 0.0906. The smallest absolute Gasteiger partial charge is 0.0626 e. The van der Waals surface area contributed by atoms with Crippen molar-refractivity contribution in [2.24, 2.45) is 0 Å². The van der Waals surface area contributed by atoms with Gasteiger partial charge in [0.25, 0.3) is 0 Å². The summed E-state index contributed by atoms with van der Waals surface area (Å²) in [6, 6.07) is 15.6. The summed E-state index contributed by atoms with van der Waals surface area (Å²) in [5.74, 6) is 0. The van der Waals surface area contributed by atoms with Gasteiger partial charge in [0.05, 0.1) is 15.4 Å². The number of benzene rings is 2. The van der Waals surface area contributed by atoms with E-state index < -0.39 is 0 Å². The molecule has 0 heterocycles. The normalized spacial score (nSPS) is 12.4. The number of hydrogen-bond donors (Lipinski definition) is 0. The van der Waals surface area contributed by atoms with Crippen LogP contribution in [0.2, 0.25) is 10.0 Å². The maximum atomic E-state index is 6.36. The molecular formula is C14H11Cl3. The van der Waals surface area contributed by atoms with Crippen LogP contribution in [0.5, 0.6) is 0 Å². The lowest BCUT2D eigenvalue weighted by molar-refractivity contribution is 0.920. The van der Waals surface area contributed by atoms with Gasteiger partial charge in [0.1, 0.15) is 0 Å². The van der Waals surface area contributed by atoms with Gasteiger partial charge in [0.15, 0.2) is 0 Å². The van der Waals surface area contributed by atoms with Crippen molar-refractivity contribution in [1.82, 2.24) is 0 Å². The van der Waals surface area contributed by atoms with Crippen molar-refractivity contribution >= 4 is 34.8 Å². The molecule has 0 N–H and O–H groups in total. The summed E-state index contributed by atoms with van der Waals surface area (Å²) in [7, 11) is 0. The molecule has 0 aromatic heterocycles. The summed E-state index contributed by atoms with van der Waals surface area (Å²) in [6.07, 6.45) is 0.672. The maximum Gasteiger partial charge on any atom is 0.0626 e. The Bertz CT molecular complexity index is 494. The molecule has 2 aromatic carbocycles. The molecule has 0 saturated heterocycles. The van der Waals surface area contributed by atoms with Crippen molar-refractivity contribution in [2.45, 2.75) is 11.8 Å². The Labute approximate surface area is 116 Å². The van der Waals surface area contributed by atoms with Crippen molar-refractivity contribution in [1.29, 1.82) is 0 Å². The van der Waals surface area contributed by atoms with E-state index >= 15 is 0 Å². The molecule has 0 nitrogen and oxygen atoms in total. The van der Waals surface area contributed by atoms with Crippen molar-refractivity contribution in [3.63, 3.8) is 0 Å². The average molecular weight is 286 g/mol. The van der Waals surface area contributed by atoms with Crippen LogP contribution in [0.15, 0.2) is 48.5 Å². The topological polar surface area (TPSA) is 0 Å². The molecule has 2 rings (SSSR count). The van der Waals surface area contributed by atoms with Crippen molar-refractivity contribution in [3.05, 3.63) is 69.7 Å². The maximum absolute atomic E-state index is 6.36. The molecule has 0 aliphatic carbocycles. The molecule has 0 aliphatic heterocycles. The van der Waals surface area contributed by atoms with Gasteiger partial charge >= 0.3 is 0 Å². The van der Waals surface area contributed by atoms with Gasteiger partial charge in [0.2, 0.25) is 0 Å². The molecule has 17 heavy (non-hydrogen) atoms. The highest BCUT2D eigenvalue weighted by atomic mass is 35.5. The summed E-state index contributed by atoms with van der Waals surface area (Å²) in [4.78, 5) is 0. The minimum atomic E-state index is -0.0906. The van der Waals surface area contributed by atoms with E-state index in [9.17, 15) is 0 Å². The first-order valence-electron chi connectivity index (χ1n) is 5.30. The van der Waals surface area contributed by atoms with E-state index in [0.29, 0.717) is 16.5 Å². The van der Waals surface area contributed by atoms with Gasteiger partial charge in [-0.2, -0.15) is 0 Å². The predicted molar refractivity (Wildman–Crippen MR) is 75.2 cm³/mol. The van der Waals surface area contributed by atoms with Crippen LogP contribution in [0.25, 0.3) is 0 Å². The zero-order chi connectivity index (χ0) is 12.3. The summed E-state index contributed by atoms with van der Waals surface area (Å²) < 4.78 is 0. The molecule has 0 aliphatic rings. The summed E-state index contributed by atoms with van der Waals surface area (Å²) in [5, 5.41) is 1.07. The molecule has 2 aromatic rings. The molecule has 0 amide bonds. The van der Waals surface area contributed by atoms with E-state index in [1.165, 1.54) is 0 Å².